The molecular formula is C78H116N20O18S. The number of para-hydroxylation sites is 1. The molecule has 0 aliphatic rings. The molecule has 117 heavy (non-hydrogen) atoms. The van der Waals surface area contributed by atoms with Gasteiger partial charge in [0, 0.05) is 36.4 Å². The normalized spacial score (nSPS) is 15.1. The van der Waals surface area contributed by atoms with Gasteiger partial charge in [-0.15, -0.1) is 0 Å². The largest absolute Gasteiger partial charge is 0.391 e. The summed E-state index contributed by atoms with van der Waals surface area (Å²) in [5.74, 6) is -17.8. The smallest absolute Gasteiger partial charge is 0.245 e. The van der Waals surface area contributed by atoms with E-state index in [4.69, 9.17) is 34.4 Å². The Morgan fingerprint density at radius 3 is 1.32 bits per heavy atom. The minimum absolute atomic E-state index is 0.0269. The van der Waals surface area contributed by atoms with Crippen LogP contribution in [0, 0.1) is 17.8 Å². The highest BCUT2D eigenvalue weighted by molar-refractivity contribution is 7.98. The number of aliphatic hydroxyl groups is 1. The second kappa shape index (κ2) is 49.4. The van der Waals surface area contributed by atoms with Crippen LogP contribution in [-0.2, 0) is 101 Å². The third kappa shape index (κ3) is 33.6. The number of unbranched alkanes of at least 4 members (excludes halogenated alkanes) is 1. The van der Waals surface area contributed by atoms with Crippen molar-refractivity contribution >= 4 is 123 Å². The minimum Gasteiger partial charge on any atom is -0.391 e. The average Bonchev–Trinajstić information content (AvgIpc) is 1.77. The van der Waals surface area contributed by atoms with Crippen molar-refractivity contribution in [1.29, 1.82) is 0 Å². The van der Waals surface area contributed by atoms with Crippen LogP contribution in [0.2, 0.25) is 0 Å². The molecule has 0 fully saturated rings. The number of amides is 17. The lowest BCUT2D eigenvalue weighted by molar-refractivity contribution is -0.138. The molecule has 3 aromatic carbocycles. The molecule has 39 heteroatoms. The topological polar surface area (TPSA) is 639 Å². The summed E-state index contributed by atoms with van der Waals surface area (Å²) in [7, 11) is 0. The van der Waals surface area contributed by atoms with Gasteiger partial charge in [0.25, 0.3) is 0 Å². The lowest BCUT2D eigenvalue weighted by Crippen LogP contribution is -2.62. The zero-order valence-electron chi connectivity index (χ0n) is 67.3. The van der Waals surface area contributed by atoms with Crippen LogP contribution in [0.1, 0.15) is 130 Å². The Balaban J connectivity index is 1.68. The molecule has 15 atom stereocenters. The highest BCUT2D eigenvalue weighted by Gasteiger charge is 2.40. The van der Waals surface area contributed by atoms with Crippen molar-refractivity contribution in [3.63, 3.8) is 0 Å². The van der Waals surface area contributed by atoms with Gasteiger partial charge in [-0.1, -0.05) is 127 Å². The molecule has 0 saturated carbocycles. The highest BCUT2D eigenvalue weighted by Crippen LogP contribution is 2.21. The molecule has 38 nitrogen and oxygen atoms in total. The first-order chi connectivity index (χ1) is 55.3. The summed E-state index contributed by atoms with van der Waals surface area (Å²) in [4.78, 5) is 237. The Morgan fingerprint density at radius 1 is 0.427 bits per heavy atom. The number of rotatable bonds is 52. The quantitative estimate of drug-likeness (QED) is 0.0186. The number of aromatic amines is 1. The van der Waals surface area contributed by atoms with Gasteiger partial charge in [-0.2, -0.15) is 11.8 Å². The first-order valence-electron chi connectivity index (χ1n) is 38.6. The number of aromatic nitrogens is 1. The molecule has 0 saturated heterocycles. The molecule has 4 aromatic rings. The van der Waals surface area contributed by atoms with Crippen LogP contribution in [-0.4, -0.2) is 220 Å². The summed E-state index contributed by atoms with van der Waals surface area (Å²) in [6, 6.07) is 4.01. The van der Waals surface area contributed by atoms with Crippen molar-refractivity contribution in [1.82, 2.24) is 74.1 Å². The maximum Gasteiger partial charge on any atom is 0.245 e. The summed E-state index contributed by atoms with van der Waals surface area (Å²) in [5.41, 5.74) is 35.6. The van der Waals surface area contributed by atoms with Crippen LogP contribution in [0.4, 0.5) is 0 Å². The summed E-state index contributed by atoms with van der Waals surface area (Å²) in [6.07, 6.45) is -0.596. The Labute approximate surface area is 682 Å². The lowest BCUT2D eigenvalue weighted by atomic mass is 9.96. The van der Waals surface area contributed by atoms with Gasteiger partial charge < -0.3 is 114 Å². The molecule has 0 unspecified atom stereocenters. The summed E-state index contributed by atoms with van der Waals surface area (Å²) in [5, 5.41) is 44.7. The Morgan fingerprint density at radius 2 is 0.829 bits per heavy atom. The summed E-state index contributed by atoms with van der Waals surface area (Å²) >= 11 is 1.33. The van der Waals surface area contributed by atoms with Crippen LogP contribution < -0.4 is 104 Å². The number of H-pyrrole nitrogens is 1. The van der Waals surface area contributed by atoms with E-state index in [1.54, 1.807) is 139 Å². The van der Waals surface area contributed by atoms with Crippen LogP contribution in [0.3, 0.4) is 0 Å². The highest BCUT2D eigenvalue weighted by atomic mass is 32.2. The van der Waals surface area contributed by atoms with Gasteiger partial charge >= 0.3 is 0 Å². The van der Waals surface area contributed by atoms with Gasteiger partial charge in [0.1, 0.15) is 72.5 Å². The summed E-state index contributed by atoms with van der Waals surface area (Å²) < 4.78 is 0. The van der Waals surface area contributed by atoms with E-state index < -0.39 is 217 Å². The van der Waals surface area contributed by atoms with Crippen LogP contribution >= 0.6 is 11.8 Å². The van der Waals surface area contributed by atoms with E-state index in [1.807, 2.05) is 0 Å². The molecule has 27 N–H and O–H groups in total. The van der Waals surface area contributed by atoms with E-state index in [-0.39, 0.29) is 69.1 Å². The molecule has 642 valence electrons. The molecule has 1 aromatic heterocycles. The fraction of sp³-hybridized carbons (Fsp3) is 0.526. The van der Waals surface area contributed by atoms with Crippen LogP contribution in [0.15, 0.2) is 91.1 Å². The first kappa shape index (κ1) is 97.8. The van der Waals surface area contributed by atoms with Crippen molar-refractivity contribution in [3.8, 4) is 0 Å². The fourth-order valence-corrected chi connectivity index (χ4v) is 12.6. The van der Waals surface area contributed by atoms with E-state index in [2.05, 4.69) is 74.1 Å². The lowest BCUT2D eigenvalue weighted by Gasteiger charge is -2.30. The molecular weight excluding hydrogens is 1540 g/mol. The molecule has 0 spiro atoms. The van der Waals surface area contributed by atoms with Crippen LogP contribution in [0.25, 0.3) is 10.9 Å². The number of fused-ring (bicyclic) bond motifs is 1. The maximum atomic E-state index is 15.2. The molecule has 17 amide bonds. The second-order valence-electron chi connectivity index (χ2n) is 29.5. The van der Waals surface area contributed by atoms with E-state index in [0.717, 1.165) is 13.8 Å². The molecule has 0 radical (unpaired) electrons. The number of carbonyl (C=O) groups excluding carboxylic acids is 17. The number of primary amides is 4. The van der Waals surface area contributed by atoms with E-state index in [9.17, 15) is 72.2 Å². The maximum absolute atomic E-state index is 15.2. The Kier molecular flexibility index (Phi) is 41.3. The molecule has 0 aliphatic carbocycles. The number of hydrogen-bond donors (Lipinski definition) is 21. The predicted molar refractivity (Wildman–Crippen MR) is 434 cm³/mol. The molecule has 1 heterocycles. The fourth-order valence-electron chi connectivity index (χ4n) is 12.1. The molecule has 0 bridgehead atoms. The number of carbonyl (C=O) groups is 17. The van der Waals surface area contributed by atoms with Gasteiger partial charge in [0.2, 0.25) is 100 Å². The first-order valence-corrected chi connectivity index (χ1v) is 40.0. The zero-order chi connectivity index (χ0) is 87.3. The minimum atomic E-state index is -1.93. The number of thioether (sulfide) groups is 1. The van der Waals surface area contributed by atoms with Gasteiger partial charge in [0.15, 0.2) is 0 Å². The number of nitrogens with one attached hydrogen (secondary N) is 14. The number of hydrogen-bond acceptors (Lipinski definition) is 21. The van der Waals surface area contributed by atoms with E-state index in [1.165, 1.54) is 11.8 Å². The van der Waals surface area contributed by atoms with Crippen molar-refractivity contribution in [2.75, 3.05) is 25.1 Å². The Bertz CT molecular complexity index is 4080. The third-order valence-electron chi connectivity index (χ3n) is 18.9. The van der Waals surface area contributed by atoms with Gasteiger partial charge in [-0.25, -0.2) is 0 Å². The molecule has 0 aliphatic heterocycles. The zero-order valence-corrected chi connectivity index (χ0v) is 68.2. The van der Waals surface area contributed by atoms with Crippen molar-refractivity contribution in [2.45, 2.75) is 217 Å². The average molecular weight is 1650 g/mol. The SMILES string of the molecule is CC[C@H](C)[C@H](NC(=O)[C@H](CCSC)NC(=O)[C@H](Cc1c[nH]c2ccccc12)NC(=O)[C@H](CCCCN)NC(=O)[C@H](Cc1ccccc1)NC(=O)[C@H](CC(C)C)NC(=O)[C@@H](NC(=O)[C@H](CC(N)=O)NC(=O)[C@H](C)NC(=O)[C@H](CC(N)=O)NC(=O)[C@@H](N)C(C)C)[C@@H](C)O)C(=O)N[C@@H](Cc1ccccc1)C(=O)N[C@@H](CC(N)=O)C(=O)NCC(N)=O. The summed E-state index contributed by atoms with van der Waals surface area (Å²) in [6.45, 7) is 11.9. The second-order valence-corrected chi connectivity index (χ2v) is 30.5. The van der Waals surface area contributed by atoms with Crippen LogP contribution in [0.5, 0.6) is 0 Å². The number of benzene rings is 3. The van der Waals surface area contributed by atoms with Gasteiger partial charge in [-0.05, 0) is 105 Å². The van der Waals surface area contributed by atoms with Gasteiger partial charge in [0.05, 0.1) is 38.0 Å². The van der Waals surface area contributed by atoms with E-state index >= 15 is 14.4 Å². The number of aliphatic hydroxyl groups excluding tert-OH is 1. The third-order valence-corrected chi connectivity index (χ3v) is 19.6. The van der Waals surface area contributed by atoms with E-state index in [0.29, 0.717) is 40.4 Å². The van der Waals surface area contributed by atoms with Crippen molar-refractivity contribution < 1.29 is 86.6 Å². The standard InChI is InChI=1S/C78H116N20O18S/c1-10-42(6)64(77(115)96-54(33-46-23-15-12-16-24-46)73(111)93-56(35-59(80)100)67(105)86-39-62(83)103)97-69(107)51(28-30-117-9)89-74(112)55(34-47-38-85-49-26-18-17-25-48(47)49)92-68(106)50(27-19-20-29-79)88-72(110)53(32-45-21-13-11-14-22-45)91-71(109)52(31-40(2)3)95-78(116)65(44(8)99)98-75(113)58(37-61(82)102)90-66(104)43(7)87-70(108)57(36-60(81)101)94-76(114)63(84)41(4)5/h11-18,21-26,38,40-44,50-58,63-65,85,99H,10,19-20,27-37,39,79,84H2,1-9H3,(H2,80,100)(H2,81,101)(H2,82,102)(H2,83,103)(H,86,105)(H,87,108)(H,88,110)(H,89,112)(H,90,104)(H,91,109)(H,92,106)(H,93,111)(H,94,114)(H,95,116)(H,96,115)(H,97,107)(H,98,113)/t42-,43-,44+,50-,51-,52-,53-,54-,55-,56-,57-,58-,63-,64-,65-/m0/s1. The van der Waals surface area contributed by atoms with Crippen molar-refractivity contribution in [2.24, 2.45) is 52.2 Å². The van der Waals surface area contributed by atoms with Crippen molar-refractivity contribution in [3.05, 3.63) is 108 Å². The predicted octanol–water partition coefficient (Wildman–Crippen LogP) is -4.40. The number of nitrogens with two attached hydrogens (primary N) is 6. The Hall–Kier alpha value is -11.6. The van der Waals surface area contributed by atoms with Gasteiger partial charge in [-0.3, -0.25) is 81.5 Å². The monoisotopic (exact) mass is 1650 g/mol. The molecule has 4 rings (SSSR count).